The monoisotopic (exact) mass is 298 g/mol. The summed E-state index contributed by atoms with van der Waals surface area (Å²) >= 11 is 1.84. The third kappa shape index (κ3) is 3.96. The van der Waals surface area contributed by atoms with Gasteiger partial charge in [-0.2, -0.15) is 11.8 Å². The third-order valence-electron chi connectivity index (χ3n) is 3.39. The number of carbonyl (C=O) groups excluding carboxylic acids is 1. The van der Waals surface area contributed by atoms with Crippen molar-refractivity contribution in [2.24, 2.45) is 0 Å². The van der Waals surface area contributed by atoms with Crippen LogP contribution in [0.1, 0.15) is 36.2 Å². The number of thioether (sulfide) groups is 1. The van der Waals surface area contributed by atoms with Gasteiger partial charge in [0.05, 0.1) is 6.20 Å². The molecule has 0 saturated heterocycles. The topological polar surface area (TPSA) is 97.1 Å². The SMILES string of the molecule is CSC1CCCC(NC(=O)Cn2cc(C(=O)O)nn2)C1. The summed E-state index contributed by atoms with van der Waals surface area (Å²) in [7, 11) is 0. The van der Waals surface area contributed by atoms with Crippen molar-refractivity contribution in [1.29, 1.82) is 0 Å². The van der Waals surface area contributed by atoms with Gasteiger partial charge in [-0.1, -0.05) is 11.6 Å². The zero-order valence-corrected chi connectivity index (χ0v) is 12.1. The highest BCUT2D eigenvalue weighted by Gasteiger charge is 2.22. The molecule has 1 amide bonds. The van der Waals surface area contributed by atoms with Crippen molar-refractivity contribution in [3.8, 4) is 0 Å². The van der Waals surface area contributed by atoms with Crippen LogP contribution >= 0.6 is 11.8 Å². The van der Waals surface area contributed by atoms with E-state index in [1.807, 2.05) is 11.8 Å². The molecule has 1 aliphatic carbocycles. The lowest BCUT2D eigenvalue weighted by molar-refractivity contribution is -0.122. The summed E-state index contributed by atoms with van der Waals surface area (Å²) in [5, 5.41) is 19.4. The van der Waals surface area contributed by atoms with Gasteiger partial charge < -0.3 is 10.4 Å². The highest BCUT2D eigenvalue weighted by molar-refractivity contribution is 7.99. The molecule has 20 heavy (non-hydrogen) atoms. The number of hydrogen-bond acceptors (Lipinski definition) is 5. The van der Waals surface area contributed by atoms with Gasteiger partial charge in [0.15, 0.2) is 5.69 Å². The molecular weight excluding hydrogens is 280 g/mol. The van der Waals surface area contributed by atoms with Gasteiger partial charge in [-0.15, -0.1) is 5.10 Å². The molecule has 1 aliphatic rings. The van der Waals surface area contributed by atoms with Crippen LogP contribution < -0.4 is 5.32 Å². The van der Waals surface area contributed by atoms with Crippen LogP contribution in [0, 0.1) is 0 Å². The first kappa shape index (κ1) is 14.8. The van der Waals surface area contributed by atoms with E-state index >= 15 is 0 Å². The first-order valence-corrected chi connectivity index (χ1v) is 7.83. The van der Waals surface area contributed by atoms with Gasteiger partial charge in [0.25, 0.3) is 0 Å². The second-order valence-electron chi connectivity index (χ2n) is 4.90. The Hall–Kier alpha value is -1.57. The van der Waals surface area contributed by atoms with Crippen molar-refractivity contribution in [3.63, 3.8) is 0 Å². The first-order chi connectivity index (χ1) is 9.58. The summed E-state index contributed by atoms with van der Waals surface area (Å²) in [5.41, 5.74) is -0.155. The summed E-state index contributed by atoms with van der Waals surface area (Å²) in [4.78, 5) is 22.6. The van der Waals surface area contributed by atoms with Crippen LogP contribution in [0.4, 0.5) is 0 Å². The Kier molecular flexibility index (Phi) is 4.99. The third-order valence-corrected chi connectivity index (χ3v) is 4.48. The first-order valence-electron chi connectivity index (χ1n) is 6.54. The number of aromatic carboxylic acids is 1. The smallest absolute Gasteiger partial charge is 0.358 e. The van der Waals surface area contributed by atoms with Crippen LogP contribution in [-0.2, 0) is 11.3 Å². The van der Waals surface area contributed by atoms with E-state index in [2.05, 4.69) is 21.9 Å². The highest BCUT2D eigenvalue weighted by Crippen LogP contribution is 2.26. The van der Waals surface area contributed by atoms with Crippen molar-refractivity contribution in [2.45, 2.75) is 43.5 Å². The van der Waals surface area contributed by atoms with Crippen LogP contribution in [0.15, 0.2) is 6.20 Å². The molecule has 0 radical (unpaired) electrons. The standard InChI is InChI=1S/C12H18N4O3S/c1-20-9-4-2-3-8(5-9)13-11(17)7-16-6-10(12(18)19)14-15-16/h6,8-9H,2-5,7H2,1H3,(H,13,17)(H,18,19). The minimum Gasteiger partial charge on any atom is -0.476 e. The molecule has 110 valence electrons. The minimum atomic E-state index is -1.15. The summed E-state index contributed by atoms with van der Waals surface area (Å²) in [5.74, 6) is -1.30. The summed E-state index contributed by atoms with van der Waals surface area (Å²) in [6.45, 7) is 0.000709. The molecule has 8 heteroatoms. The van der Waals surface area contributed by atoms with E-state index in [1.165, 1.54) is 17.3 Å². The fraction of sp³-hybridized carbons (Fsp3) is 0.667. The van der Waals surface area contributed by atoms with Gasteiger partial charge in [-0.3, -0.25) is 4.79 Å². The van der Waals surface area contributed by atoms with E-state index < -0.39 is 5.97 Å². The van der Waals surface area contributed by atoms with Gasteiger partial charge in [0, 0.05) is 11.3 Å². The van der Waals surface area contributed by atoms with Gasteiger partial charge in [-0.05, 0) is 25.5 Å². The second-order valence-corrected chi connectivity index (χ2v) is 6.03. The van der Waals surface area contributed by atoms with E-state index in [4.69, 9.17) is 5.11 Å². The molecule has 1 fully saturated rings. The average Bonchev–Trinajstić information content (AvgIpc) is 2.87. The number of carboxylic acid groups (broad SMARTS) is 1. The second kappa shape index (κ2) is 6.74. The molecule has 0 aliphatic heterocycles. The predicted octanol–water partition coefficient (Wildman–Crippen LogP) is 0.767. The Morgan fingerprint density at radius 3 is 3.00 bits per heavy atom. The molecule has 0 bridgehead atoms. The number of nitrogens with zero attached hydrogens (tertiary/aromatic N) is 3. The van der Waals surface area contributed by atoms with Gasteiger partial charge in [0.2, 0.25) is 5.91 Å². The number of amides is 1. The van der Waals surface area contributed by atoms with E-state index in [1.54, 1.807) is 0 Å². The molecule has 2 N–H and O–H groups in total. The molecule has 7 nitrogen and oxygen atoms in total. The molecule has 1 saturated carbocycles. The number of aromatic nitrogens is 3. The number of hydrogen-bond donors (Lipinski definition) is 2. The van der Waals surface area contributed by atoms with E-state index in [9.17, 15) is 9.59 Å². The molecule has 0 aromatic carbocycles. The molecule has 0 spiro atoms. The maximum atomic E-state index is 11.9. The predicted molar refractivity (Wildman–Crippen MR) is 74.7 cm³/mol. The van der Waals surface area contributed by atoms with Gasteiger partial charge >= 0.3 is 5.97 Å². The van der Waals surface area contributed by atoms with E-state index in [0.717, 1.165) is 19.3 Å². The van der Waals surface area contributed by atoms with Crippen LogP contribution in [0.5, 0.6) is 0 Å². The zero-order valence-electron chi connectivity index (χ0n) is 11.3. The summed E-state index contributed by atoms with van der Waals surface area (Å²) < 4.78 is 1.24. The van der Waals surface area contributed by atoms with E-state index in [-0.39, 0.29) is 24.2 Å². The maximum absolute atomic E-state index is 11.9. The highest BCUT2D eigenvalue weighted by atomic mass is 32.2. The summed E-state index contributed by atoms with van der Waals surface area (Å²) in [6, 6.07) is 0.205. The quantitative estimate of drug-likeness (QED) is 0.833. The fourth-order valence-corrected chi connectivity index (χ4v) is 3.21. The Morgan fingerprint density at radius 1 is 1.55 bits per heavy atom. The van der Waals surface area contributed by atoms with Crippen LogP contribution in [0.25, 0.3) is 0 Å². The van der Waals surface area contributed by atoms with Crippen LogP contribution in [0.2, 0.25) is 0 Å². The molecule has 2 atom stereocenters. The summed E-state index contributed by atoms with van der Waals surface area (Å²) in [6.07, 6.45) is 7.68. The Bertz CT molecular complexity index is 491. The van der Waals surface area contributed by atoms with Gasteiger partial charge in [0.1, 0.15) is 6.54 Å². The molecule has 2 unspecified atom stereocenters. The van der Waals surface area contributed by atoms with Crippen LogP contribution in [0.3, 0.4) is 0 Å². The Morgan fingerprint density at radius 2 is 2.35 bits per heavy atom. The Balaban J connectivity index is 1.83. The van der Waals surface area contributed by atoms with Crippen LogP contribution in [-0.4, -0.2) is 49.5 Å². The normalized spacial score (nSPS) is 22.4. The number of carboxylic acids is 1. The lowest BCUT2D eigenvalue weighted by Crippen LogP contribution is -2.40. The molecule has 1 aromatic rings. The number of nitrogens with one attached hydrogen (secondary N) is 1. The number of rotatable bonds is 5. The maximum Gasteiger partial charge on any atom is 0.358 e. The zero-order chi connectivity index (χ0) is 14.5. The van der Waals surface area contributed by atoms with Crippen molar-refractivity contribution >= 4 is 23.6 Å². The average molecular weight is 298 g/mol. The minimum absolute atomic E-state index is 0.000709. The van der Waals surface area contributed by atoms with Crippen molar-refractivity contribution in [3.05, 3.63) is 11.9 Å². The number of carbonyl (C=O) groups is 2. The molecular formula is C12H18N4O3S. The molecule has 2 rings (SSSR count). The van der Waals surface area contributed by atoms with Crippen molar-refractivity contribution < 1.29 is 14.7 Å². The largest absolute Gasteiger partial charge is 0.476 e. The molecule has 1 aromatic heterocycles. The van der Waals surface area contributed by atoms with Crippen molar-refractivity contribution in [1.82, 2.24) is 20.3 Å². The lowest BCUT2D eigenvalue weighted by atomic mass is 9.95. The lowest BCUT2D eigenvalue weighted by Gasteiger charge is -2.28. The van der Waals surface area contributed by atoms with E-state index in [0.29, 0.717) is 5.25 Å². The van der Waals surface area contributed by atoms with Gasteiger partial charge in [-0.25, -0.2) is 9.48 Å². The van der Waals surface area contributed by atoms with Crippen molar-refractivity contribution in [2.75, 3.05) is 6.26 Å². The fourth-order valence-electron chi connectivity index (χ4n) is 2.38. The molecule has 1 heterocycles. The Labute approximate surface area is 121 Å².